The minimum atomic E-state index is -0.00319. The van der Waals surface area contributed by atoms with E-state index >= 15 is 0 Å². The number of hydrogen-bond acceptors (Lipinski definition) is 1. The molecule has 2 nitrogen and oxygen atoms in total. The molecule has 0 aliphatic carbocycles. The Labute approximate surface area is 139 Å². The highest BCUT2D eigenvalue weighted by molar-refractivity contribution is 6.24. The van der Waals surface area contributed by atoms with Gasteiger partial charge < -0.3 is 5.32 Å². The van der Waals surface area contributed by atoms with Gasteiger partial charge in [-0.25, -0.2) is 0 Å². The molecule has 0 saturated carbocycles. The molecule has 2 aromatic rings. The van der Waals surface area contributed by atoms with Crippen molar-refractivity contribution in [3.05, 3.63) is 71.8 Å². The van der Waals surface area contributed by atoms with Gasteiger partial charge in [-0.05, 0) is 23.6 Å². The van der Waals surface area contributed by atoms with Gasteiger partial charge in [-0.3, -0.25) is 4.79 Å². The summed E-state index contributed by atoms with van der Waals surface area (Å²) in [5.41, 5.74) is 2.70. The maximum absolute atomic E-state index is 12.6. The topological polar surface area (TPSA) is 29.1 Å². The SMILES string of the molecule is CCCCCCNC(=O)C(=Cc1ccccc1)c1ccccc1. The molecule has 0 unspecified atom stereocenters. The lowest BCUT2D eigenvalue weighted by atomic mass is 10.0. The summed E-state index contributed by atoms with van der Waals surface area (Å²) in [7, 11) is 0. The van der Waals surface area contributed by atoms with Crippen LogP contribution in [-0.2, 0) is 4.79 Å². The van der Waals surface area contributed by atoms with Crippen molar-refractivity contribution >= 4 is 17.6 Å². The van der Waals surface area contributed by atoms with E-state index in [1.165, 1.54) is 19.3 Å². The Balaban J connectivity index is 2.11. The molecule has 0 fully saturated rings. The molecule has 1 N–H and O–H groups in total. The Morgan fingerprint density at radius 2 is 1.57 bits per heavy atom. The van der Waals surface area contributed by atoms with E-state index in [9.17, 15) is 4.79 Å². The van der Waals surface area contributed by atoms with Crippen LogP contribution in [0.5, 0.6) is 0 Å². The van der Waals surface area contributed by atoms with Crippen LogP contribution in [0.4, 0.5) is 0 Å². The van der Waals surface area contributed by atoms with Gasteiger partial charge in [-0.1, -0.05) is 86.8 Å². The number of carbonyl (C=O) groups excluding carboxylic acids is 1. The Kier molecular flexibility index (Phi) is 7.12. The third-order valence-electron chi connectivity index (χ3n) is 3.76. The van der Waals surface area contributed by atoms with E-state index in [4.69, 9.17) is 0 Å². The van der Waals surface area contributed by atoms with Crippen LogP contribution in [0.25, 0.3) is 11.6 Å². The number of rotatable bonds is 8. The minimum absolute atomic E-state index is 0.00319. The number of amides is 1. The highest BCUT2D eigenvalue weighted by Gasteiger charge is 2.11. The number of unbranched alkanes of at least 4 members (excludes halogenated alkanes) is 3. The zero-order chi connectivity index (χ0) is 16.3. The molecule has 0 heterocycles. The van der Waals surface area contributed by atoms with Crippen molar-refractivity contribution in [1.29, 1.82) is 0 Å². The maximum Gasteiger partial charge on any atom is 0.251 e. The molecular formula is C21H25NO. The zero-order valence-corrected chi connectivity index (χ0v) is 13.8. The molecule has 0 atom stereocenters. The number of nitrogens with one attached hydrogen (secondary N) is 1. The molecule has 2 rings (SSSR count). The summed E-state index contributed by atoms with van der Waals surface area (Å²) in [6, 6.07) is 19.8. The van der Waals surface area contributed by atoms with Crippen LogP contribution in [0.3, 0.4) is 0 Å². The van der Waals surface area contributed by atoms with Crippen molar-refractivity contribution in [2.45, 2.75) is 32.6 Å². The van der Waals surface area contributed by atoms with Crippen LogP contribution >= 0.6 is 0 Å². The summed E-state index contributed by atoms with van der Waals surface area (Å²) in [5.74, 6) is -0.00319. The molecule has 2 heteroatoms. The molecular weight excluding hydrogens is 282 g/mol. The smallest absolute Gasteiger partial charge is 0.251 e. The fraction of sp³-hybridized carbons (Fsp3) is 0.286. The summed E-state index contributed by atoms with van der Waals surface area (Å²) < 4.78 is 0. The van der Waals surface area contributed by atoms with Crippen LogP contribution in [-0.4, -0.2) is 12.5 Å². The van der Waals surface area contributed by atoms with Gasteiger partial charge in [0.25, 0.3) is 5.91 Å². The van der Waals surface area contributed by atoms with Crippen molar-refractivity contribution in [3.8, 4) is 0 Å². The lowest BCUT2D eigenvalue weighted by Gasteiger charge is -2.10. The molecule has 0 radical (unpaired) electrons. The second-order valence-electron chi connectivity index (χ2n) is 5.65. The van der Waals surface area contributed by atoms with Crippen LogP contribution in [0, 0.1) is 0 Å². The second-order valence-corrected chi connectivity index (χ2v) is 5.65. The van der Waals surface area contributed by atoms with Crippen molar-refractivity contribution < 1.29 is 4.79 Å². The first-order valence-electron chi connectivity index (χ1n) is 8.41. The normalized spacial score (nSPS) is 11.3. The molecule has 0 aliphatic rings. The summed E-state index contributed by atoms with van der Waals surface area (Å²) in [6.45, 7) is 2.92. The molecule has 2 aromatic carbocycles. The molecule has 0 aromatic heterocycles. The van der Waals surface area contributed by atoms with E-state index in [1.54, 1.807) is 0 Å². The Bertz CT molecular complexity index is 617. The van der Waals surface area contributed by atoms with Gasteiger partial charge in [-0.15, -0.1) is 0 Å². The van der Waals surface area contributed by atoms with Crippen LogP contribution < -0.4 is 5.32 Å². The standard InChI is InChI=1S/C21H25NO/c1-2-3-4-11-16-22-21(23)20(19-14-9-6-10-15-19)17-18-12-7-5-8-13-18/h5-10,12-15,17H,2-4,11,16H2,1H3,(H,22,23). The number of benzene rings is 2. The molecule has 0 bridgehead atoms. The van der Waals surface area contributed by atoms with Gasteiger partial charge in [-0.2, -0.15) is 0 Å². The van der Waals surface area contributed by atoms with Gasteiger partial charge in [0.15, 0.2) is 0 Å². The van der Waals surface area contributed by atoms with Gasteiger partial charge in [0.05, 0.1) is 0 Å². The molecule has 0 saturated heterocycles. The summed E-state index contributed by atoms with van der Waals surface area (Å²) in [6.07, 6.45) is 6.59. The largest absolute Gasteiger partial charge is 0.352 e. The predicted octanol–water partition coefficient (Wildman–Crippen LogP) is 4.92. The third kappa shape index (κ3) is 5.74. The Hall–Kier alpha value is -2.35. The highest BCUT2D eigenvalue weighted by Crippen LogP contribution is 2.18. The minimum Gasteiger partial charge on any atom is -0.352 e. The van der Waals surface area contributed by atoms with E-state index in [-0.39, 0.29) is 5.91 Å². The first kappa shape index (κ1) is 17.0. The number of carbonyl (C=O) groups is 1. The summed E-state index contributed by atoms with van der Waals surface area (Å²) >= 11 is 0. The first-order chi connectivity index (χ1) is 11.3. The summed E-state index contributed by atoms with van der Waals surface area (Å²) in [4.78, 5) is 12.6. The maximum atomic E-state index is 12.6. The average Bonchev–Trinajstić information content (AvgIpc) is 2.61. The lowest BCUT2D eigenvalue weighted by molar-refractivity contribution is -0.115. The molecule has 1 amide bonds. The monoisotopic (exact) mass is 307 g/mol. The highest BCUT2D eigenvalue weighted by atomic mass is 16.1. The van der Waals surface area contributed by atoms with Gasteiger partial charge in [0, 0.05) is 12.1 Å². The molecule has 23 heavy (non-hydrogen) atoms. The molecule has 0 spiro atoms. The quantitative estimate of drug-likeness (QED) is 0.418. The third-order valence-corrected chi connectivity index (χ3v) is 3.76. The van der Waals surface area contributed by atoms with E-state index in [1.807, 2.05) is 66.7 Å². The van der Waals surface area contributed by atoms with E-state index < -0.39 is 0 Å². The van der Waals surface area contributed by atoms with Crippen molar-refractivity contribution in [1.82, 2.24) is 5.32 Å². The van der Waals surface area contributed by atoms with Gasteiger partial charge in [0.1, 0.15) is 0 Å². The molecule has 0 aliphatic heterocycles. The van der Waals surface area contributed by atoms with Crippen molar-refractivity contribution in [2.75, 3.05) is 6.54 Å². The van der Waals surface area contributed by atoms with E-state index in [2.05, 4.69) is 12.2 Å². The Morgan fingerprint density at radius 3 is 2.22 bits per heavy atom. The predicted molar refractivity (Wildman–Crippen MR) is 97.9 cm³/mol. The van der Waals surface area contributed by atoms with Crippen molar-refractivity contribution in [3.63, 3.8) is 0 Å². The van der Waals surface area contributed by atoms with Crippen molar-refractivity contribution in [2.24, 2.45) is 0 Å². The van der Waals surface area contributed by atoms with E-state index in [0.29, 0.717) is 5.57 Å². The fourth-order valence-electron chi connectivity index (χ4n) is 2.46. The second kappa shape index (κ2) is 9.62. The fourth-order valence-corrected chi connectivity index (χ4v) is 2.46. The molecule has 120 valence electrons. The zero-order valence-electron chi connectivity index (χ0n) is 13.8. The average molecular weight is 307 g/mol. The Morgan fingerprint density at radius 1 is 0.913 bits per heavy atom. The van der Waals surface area contributed by atoms with Gasteiger partial charge >= 0.3 is 0 Å². The van der Waals surface area contributed by atoms with E-state index in [0.717, 1.165) is 24.1 Å². The summed E-state index contributed by atoms with van der Waals surface area (Å²) in [5, 5.41) is 3.05. The number of hydrogen-bond donors (Lipinski definition) is 1. The van der Waals surface area contributed by atoms with Crippen LogP contribution in [0.1, 0.15) is 43.7 Å². The van der Waals surface area contributed by atoms with Crippen LogP contribution in [0.2, 0.25) is 0 Å². The lowest BCUT2D eigenvalue weighted by Crippen LogP contribution is -2.25. The first-order valence-corrected chi connectivity index (χ1v) is 8.41. The van der Waals surface area contributed by atoms with Crippen LogP contribution in [0.15, 0.2) is 60.7 Å². The van der Waals surface area contributed by atoms with Gasteiger partial charge in [0.2, 0.25) is 0 Å².